The van der Waals surface area contributed by atoms with Crippen LogP contribution in [0.4, 0.5) is 10.5 Å². The van der Waals surface area contributed by atoms with E-state index in [1.54, 1.807) is 7.11 Å². The van der Waals surface area contributed by atoms with Gasteiger partial charge in [-0.2, -0.15) is 0 Å². The summed E-state index contributed by atoms with van der Waals surface area (Å²) in [5, 5.41) is 2.80. The molecule has 1 atom stereocenters. The summed E-state index contributed by atoms with van der Waals surface area (Å²) in [5.74, 6) is 0. The van der Waals surface area contributed by atoms with Crippen LogP contribution in [0.15, 0.2) is 48.5 Å². The van der Waals surface area contributed by atoms with Crippen molar-refractivity contribution in [3.63, 3.8) is 0 Å². The van der Waals surface area contributed by atoms with E-state index in [1.807, 2.05) is 24.3 Å². The SMILES string of the molecule is COC(C)CCCCCCCOC(=O)Nc1ccc(Cc2ccc(C)cc2)cc1. The quantitative estimate of drug-likeness (QED) is 0.415. The average Bonchev–Trinajstić information content (AvgIpc) is 2.73. The Kier molecular flexibility index (Phi) is 10.3. The van der Waals surface area contributed by atoms with Crippen molar-refractivity contribution in [3.05, 3.63) is 65.2 Å². The molecule has 0 radical (unpaired) electrons. The van der Waals surface area contributed by atoms with E-state index in [1.165, 1.54) is 36.0 Å². The van der Waals surface area contributed by atoms with E-state index >= 15 is 0 Å². The Morgan fingerprint density at radius 2 is 1.48 bits per heavy atom. The van der Waals surface area contributed by atoms with Gasteiger partial charge in [0.15, 0.2) is 0 Å². The fourth-order valence-corrected chi connectivity index (χ4v) is 3.15. The maximum atomic E-state index is 11.9. The molecule has 0 bridgehead atoms. The van der Waals surface area contributed by atoms with Crippen molar-refractivity contribution in [1.82, 2.24) is 0 Å². The number of benzene rings is 2. The molecule has 2 aromatic carbocycles. The van der Waals surface area contributed by atoms with Gasteiger partial charge in [0.1, 0.15) is 0 Å². The highest BCUT2D eigenvalue weighted by atomic mass is 16.5. The van der Waals surface area contributed by atoms with E-state index in [9.17, 15) is 4.79 Å². The first kappa shape index (κ1) is 23.0. The number of ether oxygens (including phenoxy) is 2. The Balaban J connectivity index is 1.58. The third-order valence-corrected chi connectivity index (χ3v) is 5.12. The molecule has 2 rings (SSSR count). The fourth-order valence-electron chi connectivity index (χ4n) is 3.15. The van der Waals surface area contributed by atoms with Crippen LogP contribution >= 0.6 is 0 Å². The van der Waals surface area contributed by atoms with Crippen LogP contribution in [0.2, 0.25) is 0 Å². The van der Waals surface area contributed by atoms with E-state index < -0.39 is 0 Å². The van der Waals surface area contributed by atoms with Gasteiger partial charge in [0.05, 0.1) is 12.7 Å². The monoisotopic (exact) mass is 397 g/mol. The molecular formula is C25H35NO3. The number of rotatable bonds is 12. The molecule has 0 aromatic heterocycles. The summed E-state index contributed by atoms with van der Waals surface area (Å²) in [6.07, 6.45) is 7.51. The van der Waals surface area contributed by atoms with E-state index in [0.717, 1.165) is 31.4 Å². The van der Waals surface area contributed by atoms with Gasteiger partial charge in [-0.15, -0.1) is 0 Å². The molecule has 1 amide bonds. The zero-order chi connectivity index (χ0) is 20.9. The van der Waals surface area contributed by atoms with Crippen LogP contribution in [0.1, 0.15) is 62.1 Å². The molecular weight excluding hydrogens is 362 g/mol. The summed E-state index contributed by atoms with van der Waals surface area (Å²) in [6.45, 7) is 4.66. The largest absolute Gasteiger partial charge is 0.449 e. The maximum Gasteiger partial charge on any atom is 0.411 e. The molecule has 0 saturated heterocycles. The zero-order valence-corrected chi connectivity index (χ0v) is 18.1. The summed E-state index contributed by atoms with van der Waals surface area (Å²) in [5.41, 5.74) is 4.52. The maximum absolute atomic E-state index is 11.9. The molecule has 4 heteroatoms. The third kappa shape index (κ3) is 9.62. The molecule has 1 unspecified atom stereocenters. The Hall–Kier alpha value is -2.33. The van der Waals surface area contributed by atoms with Crippen LogP contribution in [0.5, 0.6) is 0 Å². The number of nitrogens with one attached hydrogen (secondary N) is 1. The highest BCUT2D eigenvalue weighted by Gasteiger charge is 2.04. The summed E-state index contributed by atoms with van der Waals surface area (Å²) in [7, 11) is 1.76. The molecule has 0 aliphatic carbocycles. The molecule has 2 aromatic rings. The van der Waals surface area contributed by atoms with Crippen LogP contribution < -0.4 is 5.32 Å². The molecule has 0 aliphatic heterocycles. The standard InChI is InChI=1S/C25H35NO3/c1-20-10-12-22(13-11-20)19-23-14-16-24(17-15-23)26-25(27)29-18-8-6-4-5-7-9-21(2)28-3/h10-17,21H,4-9,18-19H2,1-3H3,(H,26,27). The smallest absolute Gasteiger partial charge is 0.411 e. The Morgan fingerprint density at radius 3 is 2.14 bits per heavy atom. The van der Waals surface area contributed by atoms with Gasteiger partial charge in [-0.1, -0.05) is 67.6 Å². The predicted molar refractivity (Wildman–Crippen MR) is 120 cm³/mol. The average molecular weight is 398 g/mol. The highest BCUT2D eigenvalue weighted by molar-refractivity contribution is 5.84. The van der Waals surface area contributed by atoms with Crippen molar-refractivity contribution in [3.8, 4) is 0 Å². The molecule has 4 nitrogen and oxygen atoms in total. The van der Waals surface area contributed by atoms with Crippen molar-refractivity contribution in [2.45, 2.75) is 64.9 Å². The third-order valence-electron chi connectivity index (χ3n) is 5.12. The zero-order valence-electron chi connectivity index (χ0n) is 18.1. The Morgan fingerprint density at radius 1 is 0.897 bits per heavy atom. The van der Waals surface area contributed by atoms with Crippen LogP contribution in [0.3, 0.4) is 0 Å². The number of hydrogen-bond acceptors (Lipinski definition) is 3. The Bertz CT molecular complexity index is 710. The summed E-state index contributed by atoms with van der Waals surface area (Å²) >= 11 is 0. The van der Waals surface area contributed by atoms with Gasteiger partial charge in [-0.05, 0) is 56.4 Å². The van der Waals surface area contributed by atoms with Crippen molar-refractivity contribution < 1.29 is 14.3 Å². The molecule has 1 N–H and O–H groups in total. The lowest BCUT2D eigenvalue weighted by molar-refractivity contribution is 0.108. The number of aryl methyl sites for hydroxylation is 1. The van der Waals surface area contributed by atoms with E-state index in [0.29, 0.717) is 12.7 Å². The lowest BCUT2D eigenvalue weighted by Gasteiger charge is -2.09. The van der Waals surface area contributed by atoms with Crippen molar-refractivity contribution in [2.24, 2.45) is 0 Å². The van der Waals surface area contributed by atoms with Crippen LogP contribution in [0.25, 0.3) is 0 Å². The van der Waals surface area contributed by atoms with Crippen molar-refractivity contribution in [1.29, 1.82) is 0 Å². The van der Waals surface area contributed by atoms with E-state index in [4.69, 9.17) is 9.47 Å². The van der Waals surface area contributed by atoms with Gasteiger partial charge >= 0.3 is 6.09 Å². The molecule has 0 aliphatic rings. The van der Waals surface area contributed by atoms with Gasteiger partial charge < -0.3 is 9.47 Å². The molecule has 0 saturated carbocycles. The lowest BCUT2D eigenvalue weighted by atomic mass is 10.0. The molecule has 29 heavy (non-hydrogen) atoms. The second-order valence-electron chi connectivity index (χ2n) is 7.72. The number of carbonyl (C=O) groups is 1. The summed E-state index contributed by atoms with van der Waals surface area (Å²) in [6, 6.07) is 16.5. The predicted octanol–water partition coefficient (Wildman–Crippen LogP) is 6.51. The minimum Gasteiger partial charge on any atom is -0.449 e. The van der Waals surface area contributed by atoms with Crippen molar-refractivity contribution >= 4 is 11.8 Å². The normalized spacial score (nSPS) is 11.8. The molecule has 0 heterocycles. The summed E-state index contributed by atoms with van der Waals surface area (Å²) in [4.78, 5) is 11.9. The first-order chi connectivity index (χ1) is 14.1. The Labute approximate surface area is 175 Å². The lowest BCUT2D eigenvalue weighted by Crippen LogP contribution is -2.14. The summed E-state index contributed by atoms with van der Waals surface area (Å²) < 4.78 is 10.5. The molecule has 158 valence electrons. The number of hydrogen-bond donors (Lipinski definition) is 1. The topological polar surface area (TPSA) is 47.6 Å². The first-order valence-corrected chi connectivity index (χ1v) is 10.7. The van der Waals surface area contributed by atoms with Gasteiger partial charge in [0.2, 0.25) is 0 Å². The van der Waals surface area contributed by atoms with Gasteiger partial charge in [-0.3, -0.25) is 5.32 Å². The number of methoxy groups -OCH3 is 1. The number of unbranched alkanes of at least 4 members (excludes halogenated alkanes) is 4. The minimum absolute atomic E-state index is 0.346. The van der Waals surface area contributed by atoms with E-state index in [-0.39, 0.29) is 6.09 Å². The highest BCUT2D eigenvalue weighted by Crippen LogP contribution is 2.15. The van der Waals surface area contributed by atoms with Crippen LogP contribution in [-0.2, 0) is 15.9 Å². The van der Waals surface area contributed by atoms with Gasteiger partial charge in [0.25, 0.3) is 0 Å². The minimum atomic E-state index is -0.384. The molecule has 0 fully saturated rings. The van der Waals surface area contributed by atoms with Gasteiger partial charge in [0, 0.05) is 12.8 Å². The molecule has 0 spiro atoms. The van der Waals surface area contributed by atoms with Gasteiger partial charge in [-0.25, -0.2) is 4.79 Å². The second-order valence-corrected chi connectivity index (χ2v) is 7.72. The van der Waals surface area contributed by atoms with Crippen LogP contribution in [-0.4, -0.2) is 25.9 Å². The number of anilines is 1. The first-order valence-electron chi connectivity index (χ1n) is 10.7. The van der Waals surface area contributed by atoms with E-state index in [2.05, 4.69) is 43.4 Å². The number of carbonyl (C=O) groups excluding carboxylic acids is 1. The van der Waals surface area contributed by atoms with Crippen LogP contribution in [0, 0.1) is 6.92 Å². The van der Waals surface area contributed by atoms with Crippen molar-refractivity contribution in [2.75, 3.05) is 19.0 Å². The fraction of sp³-hybridized carbons (Fsp3) is 0.480. The number of amides is 1. The second kappa shape index (κ2) is 13.0.